The zero-order valence-electron chi connectivity index (χ0n) is 27.7. The minimum Gasteiger partial charge on any atom is -0.369 e. The Kier molecular flexibility index (Phi) is 7.26. The first-order valence-electron chi connectivity index (χ1n) is 16.9. The smallest absolute Gasteiger partial charge is 0.261 e. The molecule has 52 heavy (non-hydrogen) atoms. The average molecular weight is 669 g/mol. The third kappa shape index (κ3) is 4.79. The number of fused-ring (bicyclic) bond motifs is 4. The first-order valence-corrected chi connectivity index (χ1v) is 16.9. The van der Waals surface area contributed by atoms with Gasteiger partial charge in [0.05, 0.1) is 40.0 Å². The Bertz CT molecular complexity index is 2670. The van der Waals surface area contributed by atoms with Gasteiger partial charge in [-0.05, 0) is 70.8 Å². The molecule has 0 aliphatic carbocycles. The van der Waals surface area contributed by atoms with Crippen molar-refractivity contribution in [1.29, 1.82) is 10.5 Å². The number of rotatable bonds is 5. The van der Waals surface area contributed by atoms with E-state index in [2.05, 4.69) is 41.0 Å². The lowest BCUT2D eigenvalue weighted by Crippen LogP contribution is -2.27. The lowest BCUT2D eigenvalue weighted by molar-refractivity contribution is 0.0935. The molecule has 0 spiro atoms. The van der Waals surface area contributed by atoms with E-state index in [1.165, 1.54) is 4.90 Å². The number of aliphatic hydroxyl groups is 1. The van der Waals surface area contributed by atoms with Crippen molar-refractivity contribution < 1.29 is 9.90 Å². The van der Waals surface area contributed by atoms with Gasteiger partial charge in [-0.25, -0.2) is 0 Å². The molecule has 8 aromatic rings. The van der Waals surface area contributed by atoms with Gasteiger partial charge in [-0.2, -0.15) is 10.5 Å². The lowest BCUT2D eigenvalue weighted by Gasteiger charge is -2.23. The van der Waals surface area contributed by atoms with Gasteiger partial charge in [-0.15, -0.1) is 0 Å². The van der Waals surface area contributed by atoms with Crippen molar-refractivity contribution in [2.24, 2.45) is 0 Å². The summed E-state index contributed by atoms with van der Waals surface area (Å²) in [5, 5.41) is 33.3. The fraction of sp³-hybridized carbons (Fsp3) is 0.0217. The Morgan fingerprint density at radius 3 is 1.62 bits per heavy atom. The Hall–Kier alpha value is -7.25. The van der Waals surface area contributed by atoms with Crippen LogP contribution in [0.1, 0.15) is 33.3 Å². The van der Waals surface area contributed by atoms with Gasteiger partial charge in [0.2, 0.25) is 0 Å². The van der Waals surface area contributed by atoms with Gasteiger partial charge < -0.3 is 9.67 Å². The number of hydrogen-bond donors (Lipinski definition) is 1. The van der Waals surface area contributed by atoms with Crippen LogP contribution in [0.15, 0.2) is 158 Å². The van der Waals surface area contributed by atoms with Gasteiger partial charge in [0, 0.05) is 38.7 Å². The summed E-state index contributed by atoms with van der Waals surface area (Å²) in [4.78, 5) is 15.8. The lowest BCUT2D eigenvalue weighted by atomic mass is 9.99. The van der Waals surface area contributed by atoms with Gasteiger partial charge in [0.1, 0.15) is 0 Å². The first kappa shape index (κ1) is 30.8. The standard InChI is InChI=1S/C46H28N4O2/c47-27-29-18-22-32(23-19-29)36-12-5-14-38-39-15-6-13-37(33-24-20-30(28-48)21-25-33)44(39)50(43(36)38)41-17-7-16-40-42(41)46(52)49(45(40)51)35-11-4-10-34(26-35)31-8-2-1-3-9-31/h1-26,46,52H. The number of para-hydroxylation sites is 2. The highest BCUT2D eigenvalue weighted by molar-refractivity contribution is 6.18. The molecule has 1 aromatic heterocycles. The minimum atomic E-state index is -1.26. The summed E-state index contributed by atoms with van der Waals surface area (Å²) in [7, 11) is 0. The molecule has 6 nitrogen and oxygen atoms in total. The van der Waals surface area contributed by atoms with E-state index in [0.717, 1.165) is 55.2 Å². The molecule has 7 aromatic carbocycles. The maximum absolute atomic E-state index is 14.3. The van der Waals surface area contributed by atoms with Crippen LogP contribution in [0.25, 0.3) is 60.9 Å². The molecular formula is C46H28N4O2. The van der Waals surface area contributed by atoms with Crippen molar-refractivity contribution in [1.82, 2.24) is 4.57 Å². The van der Waals surface area contributed by atoms with Crippen molar-refractivity contribution in [3.05, 3.63) is 180 Å². The third-order valence-corrected chi connectivity index (χ3v) is 9.97. The summed E-state index contributed by atoms with van der Waals surface area (Å²) in [5.41, 5.74) is 10.9. The molecule has 0 saturated carbocycles. The van der Waals surface area contributed by atoms with Crippen LogP contribution in [-0.4, -0.2) is 15.6 Å². The number of nitriles is 2. The molecule has 0 radical (unpaired) electrons. The zero-order valence-corrected chi connectivity index (χ0v) is 27.7. The molecule has 9 rings (SSSR count). The molecule has 1 aliphatic rings. The number of hydrogen-bond acceptors (Lipinski definition) is 4. The van der Waals surface area contributed by atoms with E-state index in [4.69, 9.17) is 0 Å². The largest absolute Gasteiger partial charge is 0.369 e. The highest BCUT2D eigenvalue weighted by Gasteiger charge is 2.39. The number of benzene rings is 7. The molecule has 1 aliphatic heterocycles. The van der Waals surface area contributed by atoms with Gasteiger partial charge >= 0.3 is 0 Å². The molecule has 1 atom stereocenters. The molecule has 1 N–H and O–H groups in total. The molecule has 6 heteroatoms. The fourth-order valence-electron chi connectivity index (χ4n) is 7.57. The Morgan fingerprint density at radius 1 is 0.519 bits per heavy atom. The topological polar surface area (TPSA) is 93.0 Å². The first-order chi connectivity index (χ1) is 25.6. The van der Waals surface area contributed by atoms with Crippen LogP contribution in [0.5, 0.6) is 0 Å². The third-order valence-electron chi connectivity index (χ3n) is 9.97. The molecule has 0 saturated heterocycles. The average Bonchev–Trinajstić information content (AvgIpc) is 3.69. The predicted octanol–water partition coefficient (Wildman–Crippen LogP) is 10.2. The van der Waals surface area contributed by atoms with Gasteiger partial charge in [0.25, 0.3) is 5.91 Å². The normalized spacial score (nSPS) is 13.6. The van der Waals surface area contributed by atoms with E-state index in [1.54, 1.807) is 6.07 Å². The summed E-state index contributed by atoms with van der Waals surface area (Å²) in [5.74, 6) is -0.282. The van der Waals surface area contributed by atoms with E-state index < -0.39 is 6.23 Å². The van der Waals surface area contributed by atoms with Crippen molar-refractivity contribution in [3.8, 4) is 51.2 Å². The van der Waals surface area contributed by atoms with Crippen LogP contribution < -0.4 is 4.90 Å². The van der Waals surface area contributed by atoms with Crippen LogP contribution in [0.3, 0.4) is 0 Å². The monoisotopic (exact) mass is 668 g/mol. The van der Waals surface area contributed by atoms with Crippen molar-refractivity contribution >= 4 is 33.4 Å². The maximum Gasteiger partial charge on any atom is 0.261 e. The number of anilines is 1. The Labute approximate surface area is 299 Å². The van der Waals surface area contributed by atoms with Crippen LogP contribution in [0.2, 0.25) is 0 Å². The van der Waals surface area contributed by atoms with Crippen molar-refractivity contribution in [2.45, 2.75) is 6.23 Å². The Morgan fingerprint density at radius 2 is 1.04 bits per heavy atom. The second kappa shape index (κ2) is 12.3. The predicted molar refractivity (Wildman–Crippen MR) is 205 cm³/mol. The number of aliphatic hydroxyl groups excluding tert-OH is 1. The van der Waals surface area contributed by atoms with Gasteiger partial charge in [-0.3, -0.25) is 9.69 Å². The molecular weight excluding hydrogens is 641 g/mol. The second-order valence-electron chi connectivity index (χ2n) is 12.8. The minimum absolute atomic E-state index is 0.282. The van der Waals surface area contributed by atoms with E-state index in [-0.39, 0.29) is 5.91 Å². The quantitative estimate of drug-likeness (QED) is 0.198. The number of nitrogens with zero attached hydrogens (tertiary/aromatic N) is 4. The number of carbonyl (C=O) groups excluding carboxylic acids is 1. The molecule has 1 amide bonds. The van der Waals surface area contributed by atoms with Gasteiger partial charge in [0.15, 0.2) is 6.23 Å². The highest BCUT2D eigenvalue weighted by Crippen LogP contribution is 2.46. The van der Waals surface area contributed by atoms with E-state index in [9.17, 15) is 20.4 Å². The summed E-state index contributed by atoms with van der Waals surface area (Å²) < 4.78 is 2.17. The Balaban J connectivity index is 1.32. The fourth-order valence-corrected chi connectivity index (χ4v) is 7.57. The van der Waals surface area contributed by atoms with Gasteiger partial charge in [-0.1, -0.05) is 109 Å². The number of carbonyl (C=O) groups is 1. The summed E-state index contributed by atoms with van der Waals surface area (Å²) in [6.07, 6.45) is -1.26. The molecule has 0 fully saturated rings. The van der Waals surface area contributed by atoms with E-state index in [1.807, 2.05) is 127 Å². The molecule has 1 unspecified atom stereocenters. The summed E-state index contributed by atoms with van der Waals surface area (Å²) in [6, 6.07) is 55.1. The summed E-state index contributed by atoms with van der Waals surface area (Å²) in [6.45, 7) is 0. The molecule has 0 bridgehead atoms. The second-order valence-corrected chi connectivity index (χ2v) is 12.8. The van der Waals surface area contributed by atoms with Crippen LogP contribution >= 0.6 is 0 Å². The van der Waals surface area contributed by atoms with Crippen molar-refractivity contribution in [3.63, 3.8) is 0 Å². The zero-order chi connectivity index (χ0) is 35.3. The van der Waals surface area contributed by atoms with Crippen molar-refractivity contribution in [2.75, 3.05) is 4.90 Å². The van der Waals surface area contributed by atoms with Crippen LogP contribution in [0.4, 0.5) is 5.69 Å². The maximum atomic E-state index is 14.3. The van der Waals surface area contributed by atoms with E-state index >= 15 is 0 Å². The highest BCUT2D eigenvalue weighted by atomic mass is 16.3. The number of aromatic nitrogens is 1. The number of amides is 1. The van der Waals surface area contributed by atoms with Crippen LogP contribution in [0, 0.1) is 22.7 Å². The summed E-state index contributed by atoms with van der Waals surface area (Å²) >= 11 is 0. The molecule has 2 heterocycles. The molecule has 244 valence electrons. The van der Waals surface area contributed by atoms with E-state index in [0.29, 0.717) is 33.6 Å². The SMILES string of the molecule is N#Cc1ccc(-c2cccc3c4cccc(-c5ccc(C#N)cc5)c4n(-c4cccc5c4C(O)N(c4cccc(-c6ccccc6)c4)C5=O)c23)cc1. The van der Waals surface area contributed by atoms with Crippen LogP contribution in [-0.2, 0) is 0 Å².